The van der Waals surface area contributed by atoms with E-state index in [2.05, 4.69) is 4.98 Å². The molecule has 1 aliphatic heterocycles. The Kier molecular flexibility index (Phi) is 5.91. The summed E-state index contributed by atoms with van der Waals surface area (Å²) in [6, 6.07) is 7.20. The van der Waals surface area contributed by atoms with E-state index in [9.17, 15) is 14.4 Å². The molecule has 8 nitrogen and oxygen atoms in total. The molecule has 0 saturated heterocycles. The zero-order valence-corrected chi connectivity index (χ0v) is 16.9. The Labute approximate surface area is 168 Å². The number of methoxy groups -OCH3 is 1. The van der Waals surface area contributed by atoms with Gasteiger partial charge in [-0.1, -0.05) is 12.1 Å². The van der Waals surface area contributed by atoms with Crippen LogP contribution in [0, 0.1) is 13.8 Å². The fraction of sp³-hybridized carbons (Fsp3) is 0.381. The monoisotopic (exact) mass is 400 g/mol. The Hall–Kier alpha value is -3.29. The van der Waals surface area contributed by atoms with Gasteiger partial charge in [-0.25, -0.2) is 9.59 Å². The normalized spacial score (nSPS) is 15.3. The van der Waals surface area contributed by atoms with E-state index in [0.29, 0.717) is 34.0 Å². The number of aryl methyl sites for hydroxylation is 1. The first-order valence-electron chi connectivity index (χ1n) is 9.35. The van der Waals surface area contributed by atoms with Crippen LogP contribution in [0.5, 0.6) is 5.75 Å². The number of Topliss-reactive ketones (excluding diaryl/α,β-unsaturated/α-hetero) is 1. The van der Waals surface area contributed by atoms with E-state index in [-0.39, 0.29) is 25.5 Å². The van der Waals surface area contributed by atoms with Gasteiger partial charge in [-0.3, -0.25) is 4.79 Å². The standard InChI is InChI=1S/C21H24N2O6/c1-5-28-21(26)18-12(2)19(22-13(18)3)15(24)10-23-11-17(20(25)27-4)29-16-9-7-6-8-14(16)23/h6-9,17,22H,5,10-11H2,1-4H3/t17-/m1/s1. The first-order valence-corrected chi connectivity index (χ1v) is 9.35. The van der Waals surface area contributed by atoms with Crippen LogP contribution in [0.25, 0.3) is 0 Å². The zero-order chi connectivity index (χ0) is 21.1. The van der Waals surface area contributed by atoms with Crippen molar-refractivity contribution in [1.29, 1.82) is 0 Å². The fourth-order valence-corrected chi connectivity index (χ4v) is 3.50. The van der Waals surface area contributed by atoms with Gasteiger partial charge in [-0.15, -0.1) is 0 Å². The molecule has 0 aliphatic carbocycles. The second-order valence-corrected chi connectivity index (χ2v) is 6.75. The highest BCUT2D eigenvalue weighted by atomic mass is 16.6. The van der Waals surface area contributed by atoms with Crippen LogP contribution in [-0.2, 0) is 14.3 Å². The van der Waals surface area contributed by atoms with Crippen LogP contribution in [0.4, 0.5) is 5.69 Å². The van der Waals surface area contributed by atoms with Crippen molar-refractivity contribution in [2.75, 3.05) is 31.7 Å². The Morgan fingerprint density at radius 1 is 1.24 bits per heavy atom. The van der Waals surface area contributed by atoms with Crippen molar-refractivity contribution >= 4 is 23.4 Å². The predicted molar refractivity (Wildman–Crippen MR) is 106 cm³/mol. The third-order valence-electron chi connectivity index (χ3n) is 4.86. The number of anilines is 1. The molecule has 2 aromatic rings. The Morgan fingerprint density at radius 2 is 1.97 bits per heavy atom. The van der Waals surface area contributed by atoms with Gasteiger partial charge in [0.1, 0.15) is 5.75 Å². The molecule has 0 saturated carbocycles. The van der Waals surface area contributed by atoms with Crippen LogP contribution in [0.2, 0.25) is 0 Å². The van der Waals surface area contributed by atoms with Gasteiger partial charge < -0.3 is 24.1 Å². The molecule has 1 atom stereocenters. The molecule has 2 heterocycles. The minimum Gasteiger partial charge on any atom is -0.475 e. The predicted octanol–water partition coefficient (Wildman–Crippen LogP) is 2.43. The van der Waals surface area contributed by atoms with Crippen LogP contribution in [0.15, 0.2) is 24.3 Å². The molecule has 154 valence electrons. The summed E-state index contributed by atoms with van der Waals surface area (Å²) in [6.07, 6.45) is -0.829. The number of hydrogen-bond acceptors (Lipinski definition) is 7. The minimum absolute atomic E-state index is 0.0108. The number of ether oxygens (including phenoxy) is 3. The summed E-state index contributed by atoms with van der Waals surface area (Å²) < 4.78 is 15.6. The SMILES string of the molecule is CCOC(=O)c1c(C)[nH]c(C(=O)CN2C[C@H](C(=O)OC)Oc3ccccc32)c1C. The van der Waals surface area contributed by atoms with Crippen molar-refractivity contribution in [3.63, 3.8) is 0 Å². The van der Waals surface area contributed by atoms with Gasteiger partial charge >= 0.3 is 11.9 Å². The number of H-pyrrole nitrogens is 1. The van der Waals surface area contributed by atoms with Gasteiger partial charge in [0.2, 0.25) is 6.10 Å². The van der Waals surface area contributed by atoms with Gasteiger partial charge in [-0.05, 0) is 38.5 Å². The molecule has 0 fully saturated rings. The topological polar surface area (TPSA) is 97.9 Å². The third-order valence-corrected chi connectivity index (χ3v) is 4.86. The number of aromatic amines is 1. The number of fused-ring (bicyclic) bond motifs is 1. The van der Waals surface area contributed by atoms with Crippen LogP contribution in [-0.4, -0.2) is 55.6 Å². The zero-order valence-electron chi connectivity index (χ0n) is 16.9. The smallest absolute Gasteiger partial charge is 0.348 e. The highest BCUT2D eigenvalue weighted by Gasteiger charge is 2.33. The van der Waals surface area contributed by atoms with Crippen molar-refractivity contribution in [2.24, 2.45) is 0 Å². The third kappa shape index (κ3) is 3.96. The molecule has 8 heteroatoms. The van der Waals surface area contributed by atoms with Crippen molar-refractivity contribution in [1.82, 2.24) is 4.98 Å². The van der Waals surface area contributed by atoms with E-state index >= 15 is 0 Å². The molecule has 0 bridgehead atoms. The summed E-state index contributed by atoms with van der Waals surface area (Å²) in [6.45, 7) is 5.62. The van der Waals surface area contributed by atoms with Gasteiger partial charge in [0.05, 0.1) is 43.8 Å². The molecule has 0 radical (unpaired) electrons. The summed E-state index contributed by atoms with van der Waals surface area (Å²) >= 11 is 0. The average molecular weight is 400 g/mol. The molecule has 1 aromatic heterocycles. The molecule has 0 spiro atoms. The van der Waals surface area contributed by atoms with Crippen molar-refractivity contribution < 1.29 is 28.6 Å². The summed E-state index contributed by atoms with van der Waals surface area (Å²) in [4.78, 5) is 42.0. The number of aromatic nitrogens is 1. The maximum Gasteiger partial charge on any atom is 0.348 e. The lowest BCUT2D eigenvalue weighted by Gasteiger charge is -2.34. The highest BCUT2D eigenvalue weighted by Crippen LogP contribution is 2.33. The van der Waals surface area contributed by atoms with Crippen molar-refractivity contribution in [3.05, 3.63) is 46.8 Å². The van der Waals surface area contributed by atoms with E-state index in [4.69, 9.17) is 14.2 Å². The molecule has 1 aliphatic rings. The van der Waals surface area contributed by atoms with E-state index in [1.165, 1.54) is 7.11 Å². The summed E-state index contributed by atoms with van der Waals surface area (Å²) in [5.74, 6) is -0.663. The second-order valence-electron chi connectivity index (χ2n) is 6.75. The average Bonchev–Trinajstić information content (AvgIpc) is 3.01. The molecule has 1 N–H and O–H groups in total. The Bertz CT molecular complexity index is 949. The number of rotatable bonds is 6. The summed E-state index contributed by atoms with van der Waals surface area (Å²) in [5, 5.41) is 0. The Morgan fingerprint density at radius 3 is 2.66 bits per heavy atom. The summed E-state index contributed by atoms with van der Waals surface area (Å²) in [5.41, 5.74) is 2.58. The molecular weight excluding hydrogens is 376 g/mol. The quantitative estimate of drug-likeness (QED) is 0.587. The fourth-order valence-electron chi connectivity index (χ4n) is 3.50. The van der Waals surface area contributed by atoms with Gasteiger partial charge in [0, 0.05) is 5.69 Å². The Balaban J connectivity index is 1.87. The lowest BCUT2D eigenvalue weighted by atomic mass is 10.1. The minimum atomic E-state index is -0.829. The number of carbonyl (C=O) groups is 3. The molecule has 3 rings (SSSR count). The number of nitrogens with one attached hydrogen (secondary N) is 1. The maximum absolute atomic E-state index is 13.1. The van der Waals surface area contributed by atoms with Crippen LogP contribution in [0.1, 0.15) is 39.0 Å². The number of ketones is 1. The molecule has 1 aromatic carbocycles. The van der Waals surface area contributed by atoms with Crippen LogP contribution < -0.4 is 9.64 Å². The highest BCUT2D eigenvalue weighted by molar-refractivity contribution is 6.03. The van der Waals surface area contributed by atoms with Crippen LogP contribution in [0.3, 0.4) is 0 Å². The van der Waals surface area contributed by atoms with Crippen LogP contribution >= 0.6 is 0 Å². The van der Waals surface area contributed by atoms with Crippen molar-refractivity contribution in [2.45, 2.75) is 26.9 Å². The molecule has 0 amide bonds. The van der Waals surface area contributed by atoms with Gasteiger partial charge in [0.15, 0.2) is 5.78 Å². The number of esters is 2. The lowest BCUT2D eigenvalue weighted by Crippen LogP contribution is -2.46. The lowest BCUT2D eigenvalue weighted by molar-refractivity contribution is -0.148. The number of para-hydroxylation sites is 2. The maximum atomic E-state index is 13.1. The largest absolute Gasteiger partial charge is 0.475 e. The molecular formula is C21H24N2O6. The number of nitrogens with zero attached hydrogens (tertiary/aromatic N) is 1. The number of benzene rings is 1. The molecule has 29 heavy (non-hydrogen) atoms. The van der Waals surface area contributed by atoms with E-state index < -0.39 is 18.0 Å². The van der Waals surface area contributed by atoms with E-state index in [1.807, 2.05) is 12.1 Å². The first kappa shape index (κ1) is 20.4. The second kappa shape index (κ2) is 8.38. The molecule has 0 unspecified atom stereocenters. The van der Waals surface area contributed by atoms with E-state index in [1.54, 1.807) is 37.8 Å². The first-order chi connectivity index (χ1) is 13.9. The van der Waals surface area contributed by atoms with Crippen molar-refractivity contribution in [3.8, 4) is 5.75 Å². The van der Waals surface area contributed by atoms with Gasteiger partial charge in [-0.2, -0.15) is 0 Å². The van der Waals surface area contributed by atoms with E-state index in [0.717, 1.165) is 0 Å². The number of hydrogen-bond donors (Lipinski definition) is 1. The summed E-state index contributed by atoms with van der Waals surface area (Å²) in [7, 11) is 1.30. The van der Waals surface area contributed by atoms with Gasteiger partial charge in [0.25, 0.3) is 0 Å². The number of carbonyl (C=O) groups excluding carboxylic acids is 3.